The van der Waals surface area contributed by atoms with Crippen molar-refractivity contribution in [1.29, 1.82) is 0 Å². The SMILES string of the molecule is CCOC(=O)c1nc(CN(CCCc2ccccc2)C(=O)C2(c3ccc(OC)cc3)CC2)sc1Br. The number of carbonyl (C=O) groups excluding carboxylic acids is 2. The van der Waals surface area contributed by atoms with Crippen LogP contribution in [0.2, 0.25) is 0 Å². The molecule has 184 valence electrons. The van der Waals surface area contributed by atoms with Gasteiger partial charge in [-0.15, -0.1) is 11.3 Å². The fourth-order valence-corrected chi connectivity index (χ4v) is 5.84. The fourth-order valence-electron chi connectivity index (χ4n) is 4.23. The average Bonchev–Trinajstić information content (AvgIpc) is 3.61. The molecule has 1 aliphatic carbocycles. The van der Waals surface area contributed by atoms with E-state index in [-0.39, 0.29) is 18.2 Å². The number of nitrogens with zero attached hydrogens (tertiary/aromatic N) is 2. The summed E-state index contributed by atoms with van der Waals surface area (Å²) in [6.07, 6.45) is 3.37. The molecule has 0 bridgehead atoms. The largest absolute Gasteiger partial charge is 0.497 e. The minimum Gasteiger partial charge on any atom is -0.497 e. The monoisotopic (exact) mass is 556 g/mol. The number of esters is 1. The Bertz CT molecular complexity index is 1160. The van der Waals surface area contributed by atoms with Gasteiger partial charge in [0.1, 0.15) is 14.5 Å². The van der Waals surface area contributed by atoms with Crippen molar-refractivity contribution in [3.8, 4) is 5.75 Å². The van der Waals surface area contributed by atoms with Crippen LogP contribution >= 0.6 is 27.3 Å². The highest BCUT2D eigenvalue weighted by Gasteiger charge is 2.53. The number of hydrogen-bond acceptors (Lipinski definition) is 6. The molecule has 1 aromatic heterocycles. The number of benzene rings is 2. The van der Waals surface area contributed by atoms with E-state index in [2.05, 4.69) is 33.0 Å². The van der Waals surface area contributed by atoms with E-state index >= 15 is 0 Å². The van der Waals surface area contributed by atoms with Crippen molar-refractivity contribution < 1.29 is 19.1 Å². The third kappa shape index (κ3) is 5.93. The number of aromatic nitrogens is 1. The van der Waals surface area contributed by atoms with Crippen LogP contribution in [0.25, 0.3) is 0 Å². The molecule has 8 heteroatoms. The lowest BCUT2D eigenvalue weighted by Crippen LogP contribution is -2.39. The molecule has 1 saturated carbocycles. The maximum absolute atomic E-state index is 13.9. The Morgan fingerprint density at radius 1 is 1.11 bits per heavy atom. The topological polar surface area (TPSA) is 68.7 Å². The van der Waals surface area contributed by atoms with Gasteiger partial charge in [0.25, 0.3) is 0 Å². The number of carbonyl (C=O) groups is 2. The van der Waals surface area contributed by atoms with E-state index in [0.29, 0.717) is 21.9 Å². The van der Waals surface area contributed by atoms with Crippen molar-refractivity contribution in [2.24, 2.45) is 0 Å². The lowest BCUT2D eigenvalue weighted by atomic mass is 9.94. The first-order chi connectivity index (χ1) is 17.0. The molecule has 6 nitrogen and oxygen atoms in total. The molecule has 1 amide bonds. The Morgan fingerprint density at radius 3 is 2.46 bits per heavy atom. The summed E-state index contributed by atoms with van der Waals surface area (Å²) in [5.74, 6) is 0.427. The maximum atomic E-state index is 13.9. The molecular weight excluding hydrogens is 528 g/mol. The zero-order chi connectivity index (χ0) is 24.8. The molecule has 0 radical (unpaired) electrons. The molecular formula is C27H29BrN2O4S. The maximum Gasteiger partial charge on any atom is 0.359 e. The quantitative estimate of drug-likeness (QED) is 0.280. The minimum absolute atomic E-state index is 0.111. The Morgan fingerprint density at radius 2 is 1.83 bits per heavy atom. The first-order valence-electron chi connectivity index (χ1n) is 11.8. The molecule has 4 rings (SSSR count). The highest BCUT2D eigenvalue weighted by Crippen LogP contribution is 2.50. The number of hydrogen-bond donors (Lipinski definition) is 0. The Balaban J connectivity index is 1.54. The summed E-state index contributed by atoms with van der Waals surface area (Å²) in [6.45, 7) is 3.01. The van der Waals surface area contributed by atoms with Crippen LogP contribution < -0.4 is 4.74 Å². The van der Waals surface area contributed by atoms with Crippen LogP contribution in [0, 0.1) is 0 Å². The van der Waals surface area contributed by atoms with Gasteiger partial charge in [-0.2, -0.15) is 0 Å². The number of aryl methyl sites for hydroxylation is 1. The summed E-state index contributed by atoms with van der Waals surface area (Å²) < 4.78 is 11.0. The van der Waals surface area contributed by atoms with Crippen LogP contribution in [-0.4, -0.2) is 42.0 Å². The van der Waals surface area contributed by atoms with Gasteiger partial charge in [-0.1, -0.05) is 42.5 Å². The van der Waals surface area contributed by atoms with Crippen molar-refractivity contribution in [2.75, 3.05) is 20.3 Å². The first kappa shape index (κ1) is 25.4. The van der Waals surface area contributed by atoms with Crippen molar-refractivity contribution >= 4 is 39.1 Å². The number of ether oxygens (including phenoxy) is 2. The van der Waals surface area contributed by atoms with Crippen LogP contribution in [0.3, 0.4) is 0 Å². The van der Waals surface area contributed by atoms with Crippen LogP contribution in [0.1, 0.15) is 52.8 Å². The predicted octanol–water partition coefficient (Wildman–Crippen LogP) is 5.78. The summed E-state index contributed by atoms with van der Waals surface area (Å²) in [4.78, 5) is 32.6. The van der Waals surface area contributed by atoms with E-state index in [1.165, 1.54) is 16.9 Å². The third-order valence-corrected chi connectivity index (χ3v) is 7.94. The summed E-state index contributed by atoms with van der Waals surface area (Å²) in [5, 5.41) is 0.707. The molecule has 1 heterocycles. The van der Waals surface area contributed by atoms with Crippen molar-refractivity contribution in [3.63, 3.8) is 0 Å². The smallest absolute Gasteiger partial charge is 0.359 e. The molecule has 0 saturated heterocycles. The molecule has 1 fully saturated rings. The van der Waals surface area contributed by atoms with Gasteiger partial charge in [-0.25, -0.2) is 9.78 Å². The second-order valence-corrected chi connectivity index (χ2v) is 11.0. The van der Waals surface area contributed by atoms with E-state index in [1.807, 2.05) is 47.4 Å². The second-order valence-electron chi connectivity index (χ2n) is 8.58. The highest BCUT2D eigenvalue weighted by atomic mass is 79.9. The van der Waals surface area contributed by atoms with Gasteiger partial charge in [0.05, 0.1) is 25.7 Å². The number of halogens is 1. The third-order valence-electron chi connectivity index (χ3n) is 6.25. The lowest BCUT2D eigenvalue weighted by Gasteiger charge is -2.27. The Kier molecular flexibility index (Phi) is 8.23. The van der Waals surface area contributed by atoms with E-state index in [9.17, 15) is 9.59 Å². The van der Waals surface area contributed by atoms with Crippen LogP contribution in [0.4, 0.5) is 0 Å². The molecule has 1 aliphatic rings. The summed E-state index contributed by atoms with van der Waals surface area (Å²) in [6, 6.07) is 18.1. The van der Waals surface area contributed by atoms with Crippen molar-refractivity contribution in [2.45, 2.75) is 44.6 Å². The van der Waals surface area contributed by atoms with Crippen LogP contribution in [0.5, 0.6) is 5.75 Å². The number of methoxy groups -OCH3 is 1. The zero-order valence-corrected chi connectivity index (χ0v) is 22.4. The van der Waals surface area contributed by atoms with Gasteiger partial charge < -0.3 is 14.4 Å². The fraction of sp³-hybridized carbons (Fsp3) is 0.370. The molecule has 0 atom stereocenters. The summed E-state index contributed by atoms with van der Waals surface area (Å²) >= 11 is 4.81. The van der Waals surface area contributed by atoms with Crippen LogP contribution in [0.15, 0.2) is 58.4 Å². The average molecular weight is 558 g/mol. The summed E-state index contributed by atoms with van der Waals surface area (Å²) in [7, 11) is 1.64. The Hall–Kier alpha value is -2.71. The molecule has 0 spiro atoms. The van der Waals surface area contributed by atoms with E-state index < -0.39 is 11.4 Å². The molecule has 0 N–H and O–H groups in total. The number of thiazole rings is 1. The van der Waals surface area contributed by atoms with Gasteiger partial charge in [0, 0.05) is 6.54 Å². The number of amides is 1. The predicted molar refractivity (Wildman–Crippen MR) is 140 cm³/mol. The standard InChI is InChI=1S/C27H29BrN2O4S/c1-3-34-25(31)23-24(28)35-22(29-23)18-30(17-7-10-19-8-5-4-6-9-19)26(32)27(15-16-27)20-11-13-21(33-2)14-12-20/h4-6,8-9,11-14H,3,7,10,15-18H2,1-2H3. The second kappa shape index (κ2) is 11.4. The number of rotatable bonds is 11. The molecule has 0 aliphatic heterocycles. The molecule has 3 aromatic rings. The zero-order valence-electron chi connectivity index (χ0n) is 20.0. The minimum atomic E-state index is -0.502. The normalized spacial score (nSPS) is 13.8. The van der Waals surface area contributed by atoms with Crippen LogP contribution in [-0.2, 0) is 27.9 Å². The van der Waals surface area contributed by atoms with Crippen molar-refractivity contribution in [1.82, 2.24) is 9.88 Å². The van der Waals surface area contributed by atoms with Gasteiger partial charge in [0.2, 0.25) is 5.91 Å². The van der Waals surface area contributed by atoms with Gasteiger partial charge in [0.15, 0.2) is 5.69 Å². The van der Waals surface area contributed by atoms with E-state index in [1.54, 1.807) is 14.0 Å². The van der Waals surface area contributed by atoms with Gasteiger partial charge in [-0.05, 0) is 71.8 Å². The van der Waals surface area contributed by atoms with Gasteiger partial charge in [-0.3, -0.25) is 4.79 Å². The lowest BCUT2D eigenvalue weighted by molar-refractivity contribution is -0.134. The molecule has 0 unspecified atom stereocenters. The van der Waals surface area contributed by atoms with E-state index in [4.69, 9.17) is 9.47 Å². The Labute approximate surface area is 218 Å². The molecule has 2 aromatic carbocycles. The first-order valence-corrected chi connectivity index (χ1v) is 13.4. The van der Waals surface area contributed by atoms with E-state index in [0.717, 1.165) is 37.0 Å². The van der Waals surface area contributed by atoms with Crippen molar-refractivity contribution in [3.05, 3.63) is 80.2 Å². The highest BCUT2D eigenvalue weighted by molar-refractivity contribution is 9.11. The van der Waals surface area contributed by atoms with Gasteiger partial charge >= 0.3 is 5.97 Å². The summed E-state index contributed by atoms with van der Waals surface area (Å²) in [5.41, 5.74) is 2.03. The molecule has 35 heavy (non-hydrogen) atoms.